The van der Waals surface area contributed by atoms with Crippen LogP contribution in [0.3, 0.4) is 0 Å². The number of hydrogen-bond donors (Lipinski definition) is 2. The van der Waals surface area contributed by atoms with Crippen LogP contribution in [0, 0.1) is 6.92 Å². The Labute approximate surface area is 84.2 Å². The molecule has 0 bridgehead atoms. The first-order valence-corrected chi connectivity index (χ1v) is 5.62. The van der Waals surface area contributed by atoms with E-state index in [1.807, 2.05) is 6.92 Å². The Hall–Kier alpha value is -0.380. The summed E-state index contributed by atoms with van der Waals surface area (Å²) in [4.78, 5) is 0. The van der Waals surface area contributed by atoms with Crippen molar-refractivity contribution in [2.24, 2.45) is 5.73 Å². The highest BCUT2D eigenvalue weighted by molar-refractivity contribution is 7.08. The molecule has 1 rings (SSSR count). The van der Waals surface area contributed by atoms with Crippen LogP contribution in [0.1, 0.15) is 24.5 Å². The minimum Gasteiger partial charge on any atom is -0.328 e. The van der Waals surface area contributed by atoms with Crippen LogP contribution in [0.5, 0.6) is 0 Å². The Morgan fingerprint density at radius 1 is 1.54 bits per heavy atom. The van der Waals surface area contributed by atoms with Gasteiger partial charge in [-0.3, -0.25) is 0 Å². The molecular weight excluding hydrogens is 180 g/mol. The molecule has 0 aromatic carbocycles. The lowest BCUT2D eigenvalue weighted by Gasteiger charge is -2.06. The molecule has 1 aromatic heterocycles. The maximum atomic E-state index is 5.64. The standard InChI is InChI=1S/C10H18N2S/c1-8-6-13-7-10(8)5-12-4-3-9(2)11/h6-7,9,12H,3-5,11H2,1-2H3. The highest BCUT2D eigenvalue weighted by Gasteiger charge is 1.98. The third-order valence-corrected chi connectivity index (χ3v) is 2.96. The van der Waals surface area contributed by atoms with Crippen molar-refractivity contribution in [3.63, 3.8) is 0 Å². The number of aryl methyl sites for hydroxylation is 1. The molecule has 0 aliphatic heterocycles. The van der Waals surface area contributed by atoms with Gasteiger partial charge in [-0.2, -0.15) is 11.3 Å². The van der Waals surface area contributed by atoms with Gasteiger partial charge in [-0.15, -0.1) is 0 Å². The number of hydrogen-bond acceptors (Lipinski definition) is 3. The van der Waals surface area contributed by atoms with Gasteiger partial charge >= 0.3 is 0 Å². The molecule has 1 heterocycles. The van der Waals surface area contributed by atoms with Crippen molar-refractivity contribution in [3.8, 4) is 0 Å². The molecule has 3 N–H and O–H groups in total. The summed E-state index contributed by atoms with van der Waals surface area (Å²) in [5.41, 5.74) is 8.44. The predicted octanol–water partition coefficient (Wildman–Crippen LogP) is 1.88. The summed E-state index contributed by atoms with van der Waals surface area (Å²) in [5, 5.41) is 7.77. The lowest BCUT2D eigenvalue weighted by molar-refractivity contribution is 0.589. The third kappa shape index (κ3) is 3.89. The zero-order valence-electron chi connectivity index (χ0n) is 8.34. The van der Waals surface area contributed by atoms with Crippen LogP contribution in [0.2, 0.25) is 0 Å². The topological polar surface area (TPSA) is 38.0 Å². The van der Waals surface area contributed by atoms with E-state index < -0.39 is 0 Å². The van der Waals surface area contributed by atoms with Gasteiger partial charge in [0.15, 0.2) is 0 Å². The molecule has 0 fully saturated rings. The molecule has 0 saturated heterocycles. The van der Waals surface area contributed by atoms with Crippen LogP contribution in [0.4, 0.5) is 0 Å². The van der Waals surface area contributed by atoms with E-state index in [2.05, 4.69) is 23.0 Å². The summed E-state index contributed by atoms with van der Waals surface area (Å²) < 4.78 is 0. The minimum atomic E-state index is 0.302. The molecular formula is C10H18N2S. The molecule has 0 saturated carbocycles. The van der Waals surface area contributed by atoms with E-state index in [-0.39, 0.29) is 0 Å². The highest BCUT2D eigenvalue weighted by atomic mass is 32.1. The zero-order valence-corrected chi connectivity index (χ0v) is 9.16. The van der Waals surface area contributed by atoms with Gasteiger partial charge in [0.25, 0.3) is 0 Å². The summed E-state index contributed by atoms with van der Waals surface area (Å²) in [6.45, 7) is 6.17. The van der Waals surface area contributed by atoms with Crippen molar-refractivity contribution in [2.45, 2.75) is 32.9 Å². The number of thiophene rings is 1. The molecule has 2 nitrogen and oxygen atoms in total. The molecule has 0 radical (unpaired) electrons. The van der Waals surface area contributed by atoms with E-state index >= 15 is 0 Å². The Morgan fingerprint density at radius 2 is 2.31 bits per heavy atom. The van der Waals surface area contributed by atoms with Gasteiger partial charge in [0.05, 0.1) is 0 Å². The van der Waals surface area contributed by atoms with Crippen molar-refractivity contribution >= 4 is 11.3 Å². The molecule has 13 heavy (non-hydrogen) atoms. The molecule has 74 valence electrons. The first-order valence-electron chi connectivity index (χ1n) is 4.68. The van der Waals surface area contributed by atoms with Crippen molar-refractivity contribution in [1.82, 2.24) is 5.32 Å². The van der Waals surface area contributed by atoms with E-state index in [9.17, 15) is 0 Å². The highest BCUT2D eigenvalue weighted by Crippen LogP contribution is 2.12. The molecule has 1 atom stereocenters. The normalized spacial score (nSPS) is 13.2. The third-order valence-electron chi connectivity index (χ3n) is 2.05. The second-order valence-corrected chi connectivity index (χ2v) is 4.27. The van der Waals surface area contributed by atoms with Crippen LogP contribution in [0.15, 0.2) is 10.8 Å². The number of rotatable bonds is 5. The average molecular weight is 198 g/mol. The first-order chi connectivity index (χ1) is 6.20. The molecule has 1 unspecified atom stereocenters. The van der Waals surface area contributed by atoms with Crippen molar-refractivity contribution in [3.05, 3.63) is 21.9 Å². The summed E-state index contributed by atoms with van der Waals surface area (Å²) in [6, 6.07) is 0.302. The molecule has 3 heteroatoms. The summed E-state index contributed by atoms with van der Waals surface area (Å²) in [6.07, 6.45) is 1.04. The number of nitrogens with two attached hydrogens (primary N) is 1. The van der Waals surface area contributed by atoms with Gasteiger partial charge in [-0.1, -0.05) is 0 Å². The van der Waals surface area contributed by atoms with Gasteiger partial charge in [0.2, 0.25) is 0 Å². The molecule has 0 spiro atoms. The van der Waals surface area contributed by atoms with Gasteiger partial charge in [0.1, 0.15) is 0 Å². The van der Waals surface area contributed by atoms with E-state index in [1.54, 1.807) is 11.3 Å². The fourth-order valence-electron chi connectivity index (χ4n) is 1.12. The largest absolute Gasteiger partial charge is 0.328 e. The predicted molar refractivity (Wildman–Crippen MR) is 59.0 cm³/mol. The first kappa shape index (κ1) is 10.7. The molecule has 0 aliphatic rings. The smallest absolute Gasteiger partial charge is 0.0216 e. The van der Waals surface area contributed by atoms with Gasteiger partial charge in [-0.05, 0) is 48.7 Å². The van der Waals surface area contributed by atoms with E-state index in [0.717, 1.165) is 19.5 Å². The summed E-state index contributed by atoms with van der Waals surface area (Å²) >= 11 is 1.77. The molecule has 0 amide bonds. The Morgan fingerprint density at radius 3 is 2.85 bits per heavy atom. The maximum absolute atomic E-state index is 5.64. The lowest BCUT2D eigenvalue weighted by atomic mass is 10.2. The monoisotopic (exact) mass is 198 g/mol. The van der Waals surface area contributed by atoms with Gasteiger partial charge in [-0.25, -0.2) is 0 Å². The van der Waals surface area contributed by atoms with Crippen molar-refractivity contribution < 1.29 is 0 Å². The Balaban J connectivity index is 2.17. The van der Waals surface area contributed by atoms with Crippen LogP contribution in [-0.2, 0) is 6.54 Å². The van der Waals surface area contributed by atoms with Crippen LogP contribution >= 0.6 is 11.3 Å². The summed E-state index contributed by atoms with van der Waals surface area (Å²) in [5.74, 6) is 0. The van der Waals surface area contributed by atoms with Crippen LogP contribution in [0.25, 0.3) is 0 Å². The van der Waals surface area contributed by atoms with E-state index in [1.165, 1.54) is 11.1 Å². The second kappa shape index (κ2) is 5.37. The van der Waals surface area contributed by atoms with Crippen LogP contribution in [-0.4, -0.2) is 12.6 Å². The fraction of sp³-hybridized carbons (Fsp3) is 0.600. The SMILES string of the molecule is Cc1cscc1CNCCC(C)N. The minimum absolute atomic E-state index is 0.302. The van der Waals surface area contributed by atoms with Crippen molar-refractivity contribution in [1.29, 1.82) is 0 Å². The van der Waals surface area contributed by atoms with E-state index in [4.69, 9.17) is 5.73 Å². The van der Waals surface area contributed by atoms with Crippen molar-refractivity contribution in [2.75, 3.05) is 6.54 Å². The van der Waals surface area contributed by atoms with E-state index in [0.29, 0.717) is 6.04 Å². The zero-order chi connectivity index (χ0) is 9.68. The quantitative estimate of drug-likeness (QED) is 0.709. The Kier molecular flexibility index (Phi) is 4.42. The summed E-state index contributed by atoms with van der Waals surface area (Å²) in [7, 11) is 0. The average Bonchev–Trinajstić information content (AvgIpc) is 2.45. The fourth-order valence-corrected chi connectivity index (χ4v) is 1.98. The lowest BCUT2D eigenvalue weighted by Crippen LogP contribution is -2.23. The van der Waals surface area contributed by atoms with Gasteiger partial charge < -0.3 is 11.1 Å². The number of nitrogens with one attached hydrogen (secondary N) is 1. The second-order valence-electron chi connectivity index (χ2n) is 3.52. The van der Waals surface area contributed by atoms with Gasteiger partial charge in [0, 0.05) is 12.6 Å². The molecule has 0 aliphatic carbocycles. The van der Waals surface area contributed by atoms with Crippen LogP contribution < -0.4 is 11.1 Å². The Bertz CT molecular complexity index is 243. The maximum Gasteiger partial charge on any atom is 0.0216 e. The molecule has 1 aromatic rings.